The molecule has 1 unspecified atom stereocenters. The van der Waals surface area contributed by atoms with Crippen molar-refractivity contribution < 1.29 is 9.50 Å². The summed E-state index contributed by atoms with van der Waals surface area (Å²) in [5, 5.41) is 15.0. The Labute approximate surface area is 131 Å². The summed E-state index contributed by atoms with van der Waals surface area (Å²) < 4.78 is 13.5. The van der Waals surface area contributed by atoms with E-state index >= 15 is 0 Å². The number of aromatic hydroxyl groups is 1. The predicted octanol–water partition coefficient (Wildman–Crippen LogP) is 3.90. The summed E-state index contributed by atoms with van der Waals surface area (Å²) in [6.07, 6.45) is 0.823. The summed E-state index contributed by atoms with van der Waals surface area (Å²) in [4.78, 5) is 3.36. The molecule has 5 heteroatoms. The molecule has 2 aromatic carbocycles. The van der Waals surface area contributed by atoms with Crippen LogP contribution in [0.4, 0.5) is 4.39 Å². The molecule has 0 radical (unpaired) electrons. The Morgan fingerprint density at radius 3 is 2.86 bits per heavy atom. The molecule has 2 heterocycles. The molecule has 3 aromatic rings. The van der Waals surface area contributed by atoms with Crippen molar-refractivity contribution >= 4 is 22.5 Å². The number of phenols is 1. The van der Waals surface area contributed by atoms with E-state index in [1.807, 2.05) is 6.07 Å². The van der Waals surface area contributed by atoms with Crippen molar-refractivity contribution in [3.8, 4) is 5.75 Å². The Hall–Kier alpha value is -2.04. The molecule has 0 saturated carbocycles. The molecular weight excluding hydrogens is 303 g/mol. The quantitative estimate of drug-likeness (QED) is 0.637. The van der Waals surface area contributed by atoms with Gasteiger partial charge in [-0.1, -0.05) is 17.7 Å². The van der Waals surface area contributed by atoms with Crippen LogP contribution < -0.4 is 5.32 Å². The van der Waals surface area contributed by atoms with E-state index in [9.17, 15) is 9.50 Å². The minimum atomic E-state index is -0.237. The number of fused-ring (bicyclic) bond motifs is 3. The molecule has 1 atom stereocenters. The fourth-order valence-electron chi connectivity index (χ4n) is 3.23. The normalized spacial score (nSPS) is 17.6. The largest absolute Gasteiger partial charge is 0.508 e. The number of H-pyrrole nitrogens is 1. The first kappa shape index (κ1) is 13.6. The minimum absolute atomic E-state index is 0.155. The van der Waals surface area contributed by atoms with Crippen LogP contribution in [0.1, 0.15) is 22.9 Å². The predicted molar refractivity (Wildman–Crippen MR) is 84.9 cm³/mol. The molecule has 0 saturated heterocycles. The lowest BCUT2D eigenvalue weighted by Gasteiger charge is -2.25. The molecule has 22 heavy (non-hydrogen) atoms. The maximum atomic E-state index is 13.5. The van der Waals surface area contributed by atoms with Gasteiger partial charge in [0.2, 0.25) is 0 Å². The van der Waals surface area contributed by atoms with Crippen LogP contribution in [0.15, 0.2) is 36.4 Å². The van der Waals surface area contributed by atoms with Crippen LogP contribution in [0.2, 0.25) is 5.02 Å². The Balaban J connectivity index is 1.90. The van der Waals surface area contributed by atoms with Gasteiger partial charge >= 0.3 is 0 Å². The fourth-order valence-corrected chi connectivity index (χ4v) is 3.39. The SMILES string of the molecule is Oc1cc(Cl)ccc1C1NCCc2c1[nH]c1ccc(F)cc21. The summed E-state index contributed by atoms with van der Waals surface area (Å²) in [5.41, 5.74) is 3.75. The number of rotatable bonds is 1. The summed E-state index contributed by atoms with van der Waals surface area (Å²) in [7, 11) is 0. The first-order valence-corrected chi connectivity index (χ1v) is 7.53. The van der Waals surface area contributed by atoms with Crippen LogP contribution in [0.5, 0.6) is 5.75 Å². The standard InChI is InChI=1S/C17H14ClFN2O/c18-9-1-3-12(15(22)7-9)16-17-11(5-6-20-16)13-8-10(19)2-4-14(13)21-17/h1-4,7-8,16,20-22H,5-6H2. The van der Waals surface area contributed by atoms with E-state index in [1.54, 1.807) is 18.2 Å². The van der Waals surface area contributed by atoms with Crippen molar-refractivity contribution in [3.05, 3.63) is 64.1 Å². The number of aromatic nitrogens is 1. The molecule has 1 aliphatic rings. The molecule has 4 rings (SSSR count). The molecule has 3 N–H and O–H groups in total. The third kappa shape index (κ3) is 2.07. The zero-order chi connectivity index (χ0) is 15.3. The van der Waals surface area contributed by atoms with E-state index in [1.165, 1.54) is 12.1 Å². The van der Waals surface area contributed by atoms with Gasteiger partial charge in [-0.25, -0.2) is 4.39 Å². The monoisotopic (exact) mass is 316 g/mol. The molecule has 0 aliphatic carbocycles. The molecule has 0 bridgehead atoms. The van der Waals surface area contributed by atoms with E-state index in [0.29, 0.717) is 5.02 Å². The molecule has 1 aliphatic heterocycles. The van der Waals surface area contributed by atoms with E-state index in [0.717, 1.165) is 40.7 Å². The number of hydrogen-bond acceptors (Lipinski definition) is 2. The van der Waals surface area contributed by atoms with Gasteiger partial charge in [0.15, 0.2) is 0 Å². The number of nitrogens with one attached hydrogen (secondary N) is 2. The summed E-state index contributed by atoms with van der Waals surface area (Å²) >= 11 is 5.91. The Bertz CT molecular complexity index is 874. The van der Waals surface area contributed by atoms with Crippen molar-refractivity contribution in [2.45, 2.75) is 12.5 Å². The van der Waals surface area contributed by atoms with Crippen molar-refractivity contribution in [2.24, 2.45) is 0 Å². The number of hydrogen-bond donors (Lipinski definition) is 3. The van der Waals surface area contributed by atoms with E-state index < -0.39 is 0 Å². The van der Waals surface area contributed by atoms with Gasteiger partial charge in [-0.15, -0.1) is 0 Å². The molecule has 112 valence electrons. The lowest BCUT2D eigenvalue weighted by Crippen LogP contribution is -2.30. The highest BCUT2D eigenvalue weighted by Gasteiger charge is 2.27. The van der Waals surface area contributed by atoms with E-state index in [-0.39, 0.29) is 17.6 Å². The van der Waals surface area contributed by atoms with Crippen LogP contribution >= 0.6 is 11.6 Å². The maximum Gasteiger partial charge on any atom is 0.123 e. The Morgan fingerprint density at radius 2 is 2.05 bits per heavy atom. The number of benzene rings is 2. The highest BCUT2D eigenvalue weighted by molar-refractivity contribution is 6.30. The average molecular weight is 317 g/mol. The van der Waals surface area contributed by atoms with Gasteiger partial charge in [0.05, 0.1) is 6.04 Å². The third-order valence-corrected chi connectivity index (χ3v) is 4.45. The molecule has 1 aromatic heterocycles. The van der Waals surface area contributed by atoms with Gasteiger partial charge in [-0.3, -0.25) is 0 Å². The van der Waals surface area contributed by atoms with Crippen LogP contribution in [-0.2, 0) is 6.42 Å². The third-order valence-electron chi connectivity index (χ3n) is 4.22. The first-order valence-electron chi connectivity index (χ1n) is 7.15. The first-order chi connectivity index (χ1) is 10.6. The van der Waals surface area contributed by atoms with Gasteiger partial charge in [0.1, 0.15) is 11.6 Å². The van der Waals surface area contributed by atoms with Crippen molar-refractivity contribution in [3.63, 3.8) is 0 Å². The summed E-state index contributed by atoms with van der Waals surface area (Å²) in [6.45, 7) is 0.767. The van der Waals surface area contributed by atoms with Gasteiger partial charge in [0.25, 0.3) is 0 Å². The molecule has 0 fully saturated rings. The number of phenolic OH excluding ortho intramolecular Hbond substituents is 1. The van der Waals surface area contributed by atoms with Crippen molar-refractivity contribution in [1.82, 2.24) is 10.3 Å². The molecule has 0 spiro atoms. The lowest BCUT2D eigenvalue weighted by molar-refractivity contribution is 0.452. The van der Waals surface area contributed by atoms with Crippen molar-refractivity contribution in [1.29, 1.82) is 0 Å². The van der Waals surface area contributed by atoms with Crippen LogP contribution in [0, 0.1) is 5.82 Å². The van der Waals surface area contributed by atoms with E-state index in [2.05, 4.69) is 10.3 Å². The molecular formula is C17H14ClFN2O. The highest BCUT2D eigenvalue weighted by Crippen LogP contribution is 2.37. The number of halogens is 2. The Morgan fingerprint density at radius 1 is 1.18 bits per heavy atom. The smallest absolute Gasteiger partial charge is 0.123 e. The van der Waals surface area contributed by atoms with E-state index in [4.69, 9.17) is 11.6 Å². The second-order valence-corrected chi connectivity index (χ2v) is 5.98. The maximum absolute atomic E-state index is 13.5. The average Bonchev–Trinajstić information content (AvgIpc) is 2.85. The second kappa shape index (κ2) is 5.00. The van der Waals surface area contributed by atoms with Crippen LogP contribution in [-0.4, -0.2) is 16.6 Å². The van der Waals surface area contributed by atoms with Gasteiger partial charge in [-0.05, 0) is 42.3 Å². The fraction of sp³-hybridized carbons (Fsp3) is 0.176. The minimum Gasteiger partial charge on any atom is -0.508 e. The molecule has 0 amide bonds. The summed E-state index contributed by atoms with van der Waals surface area (Å²) in [5.74, 6) is -0.0820. The van der Waals surface area contributed by atoms with Crippen molar-refractivity contribution in [2.75, 3.05) is 6.54 Å². The van der Waals surface area contributed by atoms with Gasteiger partial charge in [0, 0.05) is 33.7 Å². The Kier molecular flexibility index (Phi) is 3.10. The highest BCUT2D eigenvalue weighted by atomic mass is 35.5. The van der Waals surface area contributed by atoms with Gasteiger partial charge in [-0.2, -0.15) is 0 Å². The van der Waals surface area contributed by atoms with Crippen LogP contribution in [0.3, 0.4) is 0 Å². The lowest BCUT2D eigenvalue weighted by atomic mass is 9.94. The zero-order valence-electron chi connectivity index (χ0n) is 11.7. The number of aromatic amines is 1. The van der Waals surface area contributed by atoms with Crippen LogP contribution in [0.25, 0.3) is 10.9 Å². The van der Waals surface area contributed by atoms with Gasteiger partial charge < -0.3 is 15.4 Å². The summed E-state index contributed by atoms with van der Waals surface area (Å²) in [6, 6.07) is 9.72. The zero-order valence-corrected chi connectivity index (χ0v) is 12.4. The topological polar surface area (TPSA) is 48.0 Å². The molecule has 3 nitrogen and oxygen atoms in total. The second-order valence-electron chi connectivity index (χ2n) is 5.55.